The normalized spacial score (nSPS) is 16.3. The highest BCUT2D eigenvalue weighted by Gasteiger charge is 2.20. The van der Waals surface area contributed by atoms with E-state index in [4.69, 9.17) is 14.6 Å². The van der Waals surface area contributed by atoms with Crippen LogP contribution in [-0.4, -0.2) is 43.2 Å². The number of hydrogen-bond donors (Lipinski definition) is 1. The smallest absolute Gasteiger partial charge is 0.318 e. The number of hydrogen-bond acceptors (Lipinski definition) is 5. The molecule has 0 saturated carbocycles. The Labute approximate surface area is 182 Å². The van der Waals surface area contributed by atoms with Gasteiger partial charge in [-0.2, -0.15) is 4.31 Å². The third-order valence-electron chi connectivity index (χ3n) is 4.81. The molecule has 1 aliphatic heterocycles. The number of rotatable bonds is 9. The molecule has 0 spiro atoms. The molecule has 8 heteroatoms. The molecule has 1 aliphatic rings. The van der Waals surface area contributed by atoms with Crippen molar-refractivity contribution in [2.75, 3.05) is 19.4 Å². The van der Waals surface area contributed by atoms with E-state index in [2.05, 4.69) is 0 Å². The van der Waals surface area contributed by atoms with E-state index >= 15 is 0 Å². The Balaban J connectivity index is 1.58. The van der Waals surface area contributed by atoms with Crippen molar-refractivity contribution in [3.8, 4) is 5.75 Å². The van der Waals surface area contributed by atoms with E-state index in [9.17, 15) is 13.2 Å². The topological polar surface area (TPSA) is 93.1 Å². The van der Waals surface area contributed by atoms with Gasteiger partial charge < -0.3 is 14.6 Å². The van der Waals surface area contributed by atoms with Crippen molar-refractivity contribution in [1.82, 2.24) is 4.31 Å². The molecule has 0 bridgehead atoms. The Kier molecular flexibility index (Phi) is 7.14. The quantitative estimate of drug-likeness (QED) is 0.638. The number of sulfonamides is 1. The Morgan fingerprint density at radius 2 is 1.81 bits per heavy atom. The molecule has 31 heavy (non-hydrogen) atoms. The van der Waals surface area contributed by atoms with Gasteiger partial charge in [-0.3, -0.25) is 4.79 Å². The van der Waals surface area contributed by atoms with Crippen molar-refractivity contribution in [1.29, 1.82) is 0 Å². The van der Waals surface area contributed by atoms with Crippen LogP contribution in [0, 0.1) is 0 Å². The fourth-order valence-corrected chi connectivity index (χ4v) is 3.82. The fourth-order valence-electron chi connectivity index (χ4n) is 3.10. The SMILES string of the molecule is CC1=C(COc2ccc(CN(CC(=O)O)S(C)(=O)=O)cc2)C=CC(c2ccccc2)O1. The van der Waals surface area contributed by atoms with Crippen molar-refractivity contribution in [3.05, 3.63) is 89.2 Å². The van der Waals surface area contributed by atoms with Gasteiger partial charge in [0.2, 0.25) is 10.0 Å². The molecule has 1 unspecified atom stereocenters. The third-order valence-corrected chi connectivity index (χ3v) is 6.01. The zero-order chi connectivity index (χ0) is 22.4. The standard InChI is InChI=1S/C23H25NO6S/c1-17-20(10-13-22(30-17)19-6-4-3-5-7-19)16-29-21-11-8-18(9-12-21)14-24(15-23(25)26)31(2,27)28/h3-13,22H,14-16H2,1-2H3,(H,25,26). The zero-order valence-corrected chi connectivity index (χ0v) is 18.2. The van der Waals surface area contributed by atoms with Crippen LogP contribution in [0.1, 0.15) is 24.2 Å². The second-order valence-corrected chi connectivity index (χ2v) is 9.23. The van der Waals surface area contributed by atoms with E-state index in [1.807, 2.05) is 49.4 Å². The van der Waals surface area contributed by atoms with Crippen LogP contribution < -0.4 is 4.74 Å². The van der Waals surface area contributed by atoms with Gasteiger partial charge in [0.25, 0.3) is 0 Å². The third kappa shape index (κ3) is 6.44. The highest BCUT2D eigenvalue weighted by atomic mass is 32.2. The lowest BCUT2D eigenvalue weighted by Crippen LogP contribution is -2.34. The molecule has 3 rings (SSSR count). The molecule has 0 amide bonds. The number of allylic oxidation sites excluding steroid dienone is 1. The summed E-state index contributed by atoms with van der Waals surface area (Å²) in [5, 5.41) is 8.92. The minimum atomic E-state index is -3.63. The monoisotopic (exact) mass is 443 g/mol. The predicted octanol–water partition coefficient (Wildman–Crippen LogP) is 3.51. The summed E-state index contributed by atoms with van der Waals surface area (Å²) >= 11 is 0. The van der Waals surface area contributed by atoms with Crippen LogP contribution >= 0.6 is 0 Å². The van der Waals surface area contributed by atoms with Gasteiger partial charge >= 0.3 is 5.97 Å². The van der Waals surface area contributed by atoms with Gasteiger partial charge in [-0.25, -0.2) is 8.42 Å². The van der Waals surface area contributed by atoms with Crippen molar-refractivity contribution in [3.63, 3.8) is 0 Å². The minimum absolute atomic E-state index is 0.0207. The number of nitrogens with zero attached hydrogens (tertiary/aromatic N) is 1. The van der Waals surface area contributed by atoms with Crippen LogP contribution in [0.2, 0.25) is 0 Å². The number of benzene rings is 2. The lowest BCUT2D eigenvalue weighted by Gasteiger charge is -2.23. The summed E-state index contributed by atoms with van der Waals surface area (Å²) in [6.45, 7) is 1.63. The molecule has 0 fully saturated rings. The molecule has 164 valence electrons. The maximum atomic E-state index is 11.8. The molecule has 0 aliphatic carbocycles. The summed E-state index contributed by atoms with van der Waals surface area (Å²) in [5.41, 5.74) is 2.68. The Hall–Kier alpha value is -3.10. The van der Waals surface area contributed by atoms with Crippen molar-refractivity contribution < 1.29 is 27.8 Å². The Bertz CT molecular complexity index is 1070. The molecule has 7 nitrogen and oxygen atoms in total. The van der Waals surface area contributed by atoms with Crippen molar-refractivity contribution >= 4 is 16.0 Å². The van der Waals surface area contributed by atoms with Gasteiger partial charge in [0.15, 0.2) is 0 Å². The number of carboxylic acids is 1. The lowest BCUT2D eigenvalue weighted by molar-refractivity contribution is -0.137. The summed E-state index contributed by atoms with van der Waals surface area (Å²) in [5.74, 6) is 0.212. The molecule has 0 aromatic heterocycles. The molecule has 1 heterocycles. The molecule has 0 saturated heterocycles. The first-order valence-corrected chi connectivity index (χ1v) is 11.6. The summed E-state index contributed by atoms with van der Waals surface area (Å²) in [7, 11) is -3.63. The fraction of sp³-hybridized carbons (Fsp3) is 0.261. The van der Waals surface area contributed by atoms with Crippen LogP contribution in [0.5, 0.6) is 5.75 Å². The summed E-state index contributed by atoms with van der Waals surface area (Å²) in [6, 6.07) is 16.9. The van der Waals surface area contributed by atoms with Gasteiger partial charge in [0.1, 0.15) is 30.8 Å². The van der Waals surface area contributed by atoms with E-state index in [1.54, 1.807) is 24.3 Å². The Morgan fingerprint density at radius 3 is 2.39 bits per heavy atom. The molecule has 2 aromatic carbocycles. The van der Waals surface area contributed by atoms with Crippen LogP contribution in [0.15, 0.2) is 78.1 Å². The van der Waals surface area contributed by atoms with Crippen LogP contribution in [-0.2, 0) is 26.1 Å². The number of ether oxygens (including phenoxy) is 2. The second-order valence-electron chi connectivity index (χ2n) is 7.25. The minimum Gasteiger partial charge on any atom is -0.489 e. The zero-order valence-electron chi connectivity index (χ0n) is 17.4. The molecule has 1 atom stereocenters. The highest BCUT2D eigenvalue weighted by molar-refractivity contribution is 7.88. The van der Waals surface area contributed by atoms with Gasteiger partial charge in [0.05, 0.1) is 6.26 Å². The summed E-state index contributed by atoms with van der Waals surface area (Å²) in [6.07, 6.45) is 4.87. The molecule has 1 N–H and O–H groups in total. The van der Waals surface area contributed by atoms with Gasteiger partial charge in [-0.15, -0.1) is 0 Å². The number of aliphatic carboxylic acids is 1. The maximum Gasteiger partial charge on any atom is 0.318 e. The largest absolute Gasteiger partial charge is 0.489 e. The molecule has 2 aromatic rings. The highest BCUT2D eigenvalue weighted by Crippen LogP contribution is 2.28. The van der Waals surface area contributed by atoms with Gasteiger partial charge in [-0.1, -0.05) is 48.5 Å². The summed E-state index contributed by atoms with van der Waals surface area (Å²) < 4.78 is 36.3. The van der Waals surface area contributed by atoms with E-state index < -0.39 is 22.5 Å². The average molecular weight is 444 g/mol. The molecular weight excluding hydrogens is 418 g/mol. The van der Waals surface area contributed by atoms with E-state index in [-0.39, 0.29) is 12.6 Å². The average Bonchev–Trinajstić information content (AvgIpc) is 2.73. The summed E-state index contributed by atoms with van der Waals surface area (Å²) in [4.78, 5) is 10.9. The second kappa shape index (κ2) is 9.80. The molecule has 0 radical (unpaired) electrons. The van der Waals surface area contributed by atoms with Crippen LogP contribution in [0.25, 0.3) is 0 Å². The van der Waals surface area contributed by atoms with E-state index in [0.29, 0.717) is 17.9 Å². The van der Waals surface area contributed by atoms with Gasteiger partial charge in [-0.05, 0) is 36.3 Å². The molecular formula is C23H25NO6S. The predicted molar refractivity (Wildman–Crippen MR) is 117 cm³/mol. The van der Waals surface area contributed by atoms with Crippen molar-refractivity contribution in [2.45, 2.75) is 19.6 Å². The van der Waals surface area contributed by atoms with Gasteiger partial charge in [0, 0.05) is 12.1 Å². The first-order chi connectivity index (χ1) is 14.7. The van der Waals surface area contributed by atoms with E-state index in [0.717, 1.165) is 27.5 Å². The number of carbonyl (C=O) groups is 1. The lowest BCUT2D eigenvalue weighted by atomic mass is 10.1. The first-order valence-electron chi connectivity index (χ1n) is 9.70. The Morgan fingerprint density at radius 1 is 1.13 bits per heavy atom. The van der Waals surface area contributed by atoms with E-state index in [1.165, 1.54) is 0 Å². The first kappa shape index (κ1) is 22.6. The number of carboxylic acid groups (broad SMARTS) is 1. The van der Waals surface area contributed by atoms with Crippen LogP contribution in [0.4, 0.5) is 0 Å². The maximum absolute atomic E-state index is 11.8. The van der Waals surface area contributed by atoms with Crippen molar-refractivity contribution in [2.24, 2.45) is 0 Å². The van der Waals surface area contributed by atoms with Crippen LogP contribution in [0.3, 0.4) is 0 Å².